The molecule has 3 aromatic carbocycles. The van der Waals surface area contributed by atoms with E-state index in [1.807, 2.05) is 55.5 Å². The van der Waals surface area contributed by atoms with Crippen LogP contribution in [-0.2, 0) is 11.2 Å². The van der Waals surface area contributed by atoms with Gasteiger partial charge in [0.1, 0.15) is 17.1 Å². The summed E-state index contributed by atoms with van der Waals surface area (Å²) in [5.41, 5.74) is 10.7. The van der Waals surface area contributed by atoms with Crippen molar-refractivity contribution in [3.63, 3.8) is 0 Å². The molecule has 0 amide bonds. The Bertz CT molecular complexity index is 1020. The summed E-state index contributed by atoms with van der Waals surface area (Å²) in [6.45, 7) is 8.18. The number of phenolic OH excluding ortho intramolecular Hbond substituents is 1. The van der Waals surface area contributed by atoms with Crippen LogP contribution in [-0.4, -0.2) is 5.11 Å². The summed E-state index contributed by atoms with van der Waals surface area (Å²) < 4.78 is 0. The third-order valence-corrected chi connectivity index (χ3v) is 5.62. The number of anilines is 1. The highest BCUT2D eigenvalue weighted by molar-refractivity contribution is 7.98. The molecule has 0 atom stereocenters. The average Bonchev–Trinajstić information content (AvgIpc) is 2.68. The topological polar surface area (TPSA) is 71.0 Å². The number of hydrogen-bond donors (Lipinski definition) is 2. The molecule has 4 nitrogen and oxygen atoms in total. The molecular weight excluding hydrogens is 378 g/mol. The van der Waals surface area contributed by atoms with Crippen LogP contribution < -0.4 is 5.73 Å². The maximum Gasteiger partial charge on any atom is 0.146 e. The summed E-state index contributed by atoms with van der Waals surface area (Å²) in [6.07, 6.45) is 0. The second kappa shape index (κ2) is 8.70. The fourth-order valence-electron chi connectivity index (χ4n) is 2.96. The van der Waals surface area contributed by atoms with Crippen LogP contribution in [0.25, 0.3) is 0 Å². The molecule has 0 aliphatic carbocycles. The van der Waals surface area contributed by atoms with E-state index in [0.29, 0.717) is 17.1 Å². The van der Waals surface area contributed by atoms with E-state index in [0.717, 1.165) is 21.8 Å². The highest BCUT2D eigenvalue weighted by Gasteiger charge is 2.20. The van der Waals surface area contributed by atoms with E-state index in [4.69, 9.17) is 5.73 Å². The Morgan fingerprint density at radius 2 is 1.62 bits per heavy atom. The lowest BCUT2D eigenvalue weighted by atomic mass is 9.85. The largest absolute Gasteiger partial charge is 0.505 e. The zero-order valence-corrected chi connectivity index (χ0v) is 18.1. The lowest BCUT2D eigenvalue weighted by molar-refractivity contribution is 0.447. The van der Waals surface area contributed by atoms with E-state index in [1.54, 1.807) is 11.8 Å². The second-order valence-electron chi connectivity index (χ2n) is 8.13. The van der Waals surface area contributed by atoms with Crippen LogP contribution in [0.15, 0.2) is 75.8 Å². The first-order valence-electron chi connectivity index (χ1n) is 9.56. The molecule has 0 aromatic heterocycles. The number of nitrogens with two attached hydrogens (primary N) is 1. The Hall–Kier alpha value is -2.79. The monoisotopic (exact) mass is 405 g/mol. The van der Waals surface area contributed by atoms with Crippen LogP contribution in [0.1, 0.15) is 37.5 Å². The summed E-state index contributed by atoms with van der Waals surface area (Å²) in [7, 11) is 0. The van der Waals surface area contributed by atoms with Crippen molar-refractivity contribution in [1.82, 2.24) is 0 Å². The van der Waals surface area contributed by atoms with Crippen LogP contribution in [0.2, 0.25) is 0 Å². The van der Waals surface area contributed by atoms with Gasteiger partial charge in [0.25, 0.3) is 0 Å². The van der Waals surface area contributed by atoms with Gasteiger partial charge in [-0.3, -0.25) is 0 Å². The molecular formula is C24H27N3OS. The number of thioether (sulfide) groups is 1. The Morgan fingerprint density at radius 3 is 2.31 bits per heavy atom. The minimum absolute atomic E-state index is 0.167. The standard InChI is InChI=1S/C24H27N3OS/c1-16-12-19(24(2,3)4)23(28)22(13-16)27-26-21-14-18(10-11-20(21)25)29-15-17-8-6-5-7-9-17/h5-14,28H,15,25H2,1-4H3. The second-order valence-corrected chi connectivity index (χ2v) is 9.17. The van der Waals surface area contributed by atoms with E-state index in [2.05, 4.69) is 43.1 Å². The third kappa shape index (κ3) is 5.39. The Kier molecular flexibility index (Phi) is 6.28. The van der Waals surface area contributed by atoms with Gasteiger partial charge in [0, 0.05) is 16.2 Å². The smallest absolute Gasteiger partial charge is 0.146 e. The Morgan fingerprint density at radius 1 is 0.931 bits per heavy atom. The molecule has 0 aliphatic rings. The zero-order chi connectivity index (χ0) is 21.0. The molecule has 0 aliphatic heterocycles. The van der Waals surface area contributed by atoms with Gasteiger partial charge in [-0.15, -0.1) is 22.0 Å². The van der Waals surface area contributed by atoms with Crippen molar-refractivity contribution in [3.8, 4) is 5.75 Å². The summed E-state index contributed by atoms with van der Waals surface area (Å²) in [6, 6.07) is 19.9. The summed E-state index contributed by atoms with van der Waals surface area (Å²) in [5, 5.41) is 19.3. The predicted octanol–water partition coefficient (Wildman–Crippen LogP) is 7.29. The van der Waals surface area contributed by atoms with Gasteiger partial charge in [-0.05, 0) is 47.7 Å². The Balaban J connectivity index is 1.85. The van der Waals surface area contributed by atoms with Gasteiger partial charge in [0.05, 0.1) is 5.69 Å². The highest BCUT2D eigenvalue weighted by Crippen LogP contribution is 2.40. The lowest BCUT2D eigenvalue weighted by Crippen LogP contribution is -2.11. The molecule has 0 saturated heterocycles. The van der Waals surface area contributed by atoms with Crippen molar-refractivity contribution in [2.75, 3.05) is 5.73 Å². The van der Waals surface area contributed by atoms with Crippen LogP contribution in [0, 0.1) is 6.92 Å². The molecule has 3 N–H and O–H groups in total. The molecule has 0 radical (unpaired) electrons. The zero-order valence-electron chi connectivity index (χ0n) is 17.3. The van der Waals surface area contributed by atoms with Crippen molar-refractivity contribution < 1.29 is 5.11 Å². The van der Waals surface area contributed by atoms with E-state index >= 15 is 0 Å². The van der Waals surface area contributed by atoms with E-state index in [-0.39, 0.29) is 11.2 Å². The number of aromatic hydroxyl groups is 1. The van der Waals surface area contributed by atoms with Crippen LogP contribution in [0.5, 0.6) is 5.75 Å². The van der Waals surface area contributed by atoms with Crippen LogP contribution >= 0.6 is 11.8 Å². The maximum atomic E-state index is 10.7. The highest BCUT2D eigenvalue weighted by atomic mass is 32.2. The SMILES string of the molecule is Cc1cc(N=Nc2cc(SCc3ccccc3)ccc2N)c(O)c(C(C)(C)C)c1. The molecule has 0 unspecified atom stereocenters. The summed E-state index contributed by atoms with van der Waals surface area (Å²) in [5.74, 6) is 1.04. The van der Waals surface area contributed by atoms with Crippen molar-refractivity contribution in [3.05, 3.63) is 77.4 Å². The number of azo groups is 1. The van der Waals surface area contributed by atoms with E-state index in [1.165, 1.54) is 5.56 Å². The number of nitrogens with zero attached hydrogens (tertiary/aromatic N) is 2. The minimum atomic E-state index is -0.187. The Labute approximate surface area is 176 Å². The summed E-state index contributed by atoms with van der Waals surface area (Å²) in [4.78, 5) is 1.07. The number of nitrogen functional groups attached to an aromatic ring is 1. The molecule has 5 heteroatoms. The molecule has 0 fully saturated rings. The van der Waals surface area contributed by atoms with Gasteiger partial charge in [-0.25, -0.2) is 0 Å². The van der Waals surface area contributed by atoms with Crippen molar-refractivity contribution in [2.24, 2.45) is 10.2 Å². The number of benzene rings is 3. The number of hydrogen-bond acceptors (Lipinski definition) is 5. The third-order valence-electron chi connectivity index (χ3n) is 4.56. The van der Waals surface area contributed by atoms with Gasteiger partial charge in [0.2, 0.25) is 0 Å². The number of rotatable bonds is 5. The van der Waals surface area contributed by atoms with Gasteiger partial charge in [-0.2, -0.15) is 0 Å². The molecule has 0 saturated carbocycles. The quantitative estimate of drug-likeness (QED) is 0.266. The van der Waals surface area contributed by atoms with Gasteiger partial charge < -0.3 is 10.8 Å². The van der Waals surface area contributed by atoms with Gasteiger partial charge in [0.15, 0.2) is 0 Å². The van der Waals surface area contributed by atoms with Crippen molar-refractivity contribution in [2.45, 2.75) is 43.8 Å². The normalized spacial score (nSPS) is 11.9. The van der Waals surface area contributed by atoms with Gasteiger partial charge in [-0.1, -0.05) is 57.2 Å². The van der Waals surface area contributed by atoms with E-state index < -0.39 is 0 Å². The predicted molar refractivity (Wildman–Crippen MR) is 123 cm³/mol. The van der Waals surface area contributed by atoms with Crippen LogP contribution in [0.4, 0.5) is 17.1 Å². The summed E-state index contributed by atoms with van der Waals surface area (Å²) >= 11 is 1.72. The van der Waals surface area contributed by atoms with Crippen LogP contribution in [0.3, 0.4) is 0 Å². The molecule has 0 spiro atoms. The molecule has 3 rings (SSSR count). The molecule has 3 aromatic rings. The first kappa shape index (κ1) is 20.9. The molecule has 0 bridgehead atoms. The maximum absolute atomic E-state index is 10.7. The van der Waals surface area contributed by atoms with Crippen molar-refractivity contribution >= 4 is 28.8 Å². The first-order valence-corrected chi connectivity index (χ1v) is 10.5. The molecule has 29 heavy (non-hydrogen) atoms. The number of aryl methyl sites for hydroxylation is 1. The van der Waals surface area contributed by atoms with Crippen molar-refractivity contribution in [1.29, 1.82) is 0 Å². The number of phenols is 1. The fraction of sp³-hybridized carbons (Fsp3) is 0.250. The van der Waals surface area contributed by atoms with E-state index in [9.17, 15) is 5.11 Å². The fourth-order valence-corrected chi connectivity index (χ4v) is 3.84. The van der Waals surface area contributed by atoms with Gasteiger partial charge >= 0.3 is 0 Å². The lowest BCUT2D eigenvalue weighted by Gasteiger charge is -2.21. The molecule has 0 heterocycles. The minimum Gasteiger partial charge on any atom is -0.505 e. The molecule has 150 valence electrons. The average molecular weight is 406 g/mol. The first-order chi connectivity index (χ1) is 13.7.